The highest BCUT2D eigenvalue weighted by molar-refractivity contribution is 7.17. The van der Waals surface area contributed by atoms with Crippen molar-refractivity contribution in [3.05, 3.63) is 51.4 Å². The van der Waals surface area contributed by atoms with Gasteiger partial charge in [-0.05, 0) is 47.9 Å². The number of hydrogen-bond acceptors (Lipinski definition) is 4. The topological polar surface area (TPSA) is 55.4 Å². The van der Waals surface area contributed by atoms with E-state index in [-0.39, 0.29) is 17.3 Å². The summed E-state index contributed by atoms with van der Waals surface area (Å²) in [5.41, 5.74) is 3.36. The Hall–Kier alpha value is -2.14. The van der Waals surface area contributed by atoms with Crippen LogP contribution < -0.4 is 5.32 Å². The number of methoxy groups -OCH3 is 1. The van der Waals surface area contributed by atoms with Gasteiger partial charge in [-0.1, -0.05) is 32.9 Å². The quantitative estimate of drug-likeness (QED) is 0.819. The Kier molecular flexibility index (Phi) is 4.69. The molecule has 1 heterocycles. The summed E-state index contributed by atoms with van der Waals surface area (Å²) < 4.78 is 4.92. The summed E-state index contributed by atoms with van der Waals surface area (Å²) >= 11 is 1.49. The smallest absolute Gasteiger partial charge is 0.341 e. The summed E-state index contributed by atoms with van der Waals surface area (Å²) in [5.74, 6) is -0.580. The van der Waals surface area contributed by atoms with Crippen LogP contribution in [-0.4, -0.2) is 19.0 Å². The monoisotopic (exact) mass is 357 g/mol. The second-order valence-corrected chi connectivity index (χ2v) is 8.44. The normalized spacial score (nSPS) is 13.4. The zero-order valence-electron chi connectivity index (χ0n) is 15.1. The number of carbonyl (C=O) groups excluding carboxylic acids is 2. The van der Waals surface area contributed by atoms with Gasteiger partial charge in [0.25, 0.3) is 5.91 Å². The van der Waals surface area contributed by atoms with Crippen molar-refractivity contribution in [3.8, 4) is 0 Å². The Labute approximate surface area is 152 Å². The number of ether oxygens (including phenoxy) is 1. The van der Waals surface area contributed by atoms with E-state index in [4.69, 9.17) is 4.74 Å². The van der Waals surface area contributed by atoms with Crippen LogP contribution in [0.2, 0.25) is 0 Å². The maximum absolute atomic E-state index is 12.6. The lowest BCUT2D eigenvalue weighted by Crippen LogP contribution is -2.15. The molecule has 1 aromatic carbocycles. The average Bonchev–Trinajstić information content (AvgIpc) is 3.14. The van der Waals surface area contributed by atoms with Crippen LogP contribution in [0.15, 0.2) is 24.3 Å². The van der Waals surface area contributed by atoms with Crippen LogP contribution in [0.5, 0.6) is 0 Å². The molecule has 2 aromatic rings. The third-order valence-corrected chi connectivity index (χ3v) is 5.76. The van der Waals surface area contributed by atoms with Crippen LogP contribution in [-0.2, 0) is 23.0 Å². The van der Waals surface area contributed by atoms with E-state index >= 15 is 0 Å². The van der Waals surface area contributed by atoms with Gasteiger partial charge in [-0.2, -0.15) is 0 Å². The number of thiophene rings is 1. The van der Waals surface area contributed by atoms with Crippen molar-refractivity contribution < 1.29 is 14.3 Å². The highest BCUT2D eigenvalue weighted by atomic mass is 32.1. The fraction of sp³-hybridized carbons (Fsp3) is 0.400. The highest BCUT2D eigenvalue weighted by Gasteiger charge is 2.28. The lowest BCUT2D eigenvalue weighted by atomic mass is 9.87. The molecule has 5 heteroatoms. The molecule has 0 spiro atoms. The Balaban J connectivity index is 1.85. The molecule has 25 heavy (non-hydrogen) atoms. The Bertz CT molecular complexity index is 813. The lowest BCUT2D eigenvalue weighted by molar-refractivity contribution is 0.0601. The van der Waals surface area contributed by atoms with E-state index in [2.05, 4.69) is 26.1 Å². The molecular formula is C20H23NO3S. The first-order chi connectivity index (χ1) is 11.8. The first-order valence-corrected chi connectivity index (χ1v) is 9.27. The van der Waals surface area contributed by atoms with Crippen LogP contribution in [0, 0.1) is 0 Å². The molecule has 1 aliphatic rings. The van der Waals surface area contributed by atoms with Crippen LogP contribution in [0.4, 0.5) is 5.00 Å². The predicted molar refractivity (Wildman–Crippen MR) is 101 cm³/mol. The molecule has 0 radical (unpaired) electrons. The van der Waals surface area contributed by atoms with Gasteiger partial charge in [-0.25, -0.2) is 4.79 Å². The number of aryl methyl sites for hydroxylation is 1. The third kappa shape index (κ3) is 3.47. The third-order valence-electron chi connectivity index (χ3n) is 4.55. The summed E-state index contributed by atoms with van der Waals surface area (Å²) in [6.07, 6.45) is 2.88. The van der Waals surface area contributed by atoms with Gasteiger partial charge in [0.05, 0.1) is 12.7 Å². The van der Waals surface area contributed by atoms with E-state index in [9.17, 15) is 9.59 Å². The summed E-state index contributed by atoms with van der Waals surface area (Å²) in [5, 5.41) is 3.51. The molecule has 1 aromatic heterocycles. The first kappa shape index (κ1) is 17.7. The number of benzene rings is 1. The van der Waals surface area contributed by atoms with Gasteiger partial charge in [-0.15, -0.1) is 11.3 Å². The Morgan fingerprint density at radius 3 is 2.40 bits per heavy atom. The average molecular weight is 357 g/mol. The summed E-state index contributed by atoms with van der Waals surface area (Å²) in [6.45, 7) is 6.41. The molecule has 132 valence electrons. The zero-order valence-corrected chi connectivity index (χ0v) is 15.9. The fourth-order valence-electron chi connectivity index (χ4n) is 3.11. The van der Waals surface area contributed by atoms with Gasteiger partial charge >= 0.3 is 5.97 Å². The maximum Gasteiger partial charge on any atom is 0.341 e. The number of amides is 1. The number of anilines is 1. The molecule has 0 saturated heterocycles. The number of rotatable bonds is 3. The predicted octanol–water partition coefficient (Wildman–Crippen LogP) is 4.57. The molecule has 4 nitrogen and oxygen atoms in total. The minimum absolute atomic E-state index is 0.0433. The van der Waals surface area contributed by atoms with Gasteiger partial charge < -0.3 is 10.1 Å². The number of hydrogen-bond donors (Lipinski definition) is 1. The molecule has 0 bridgehead atoms. The van der Waals surface area contributed by atoms with Crippen molar-refractivity contribution in [2.24, 2.45) is 0 Å². The number of nitrogens with one attached hydrogen (secondary N) is 1. The standard InChI is InChI=1S/C20H23NO3S/c1-20(2,3)13-10-8-12(9-11-13)17(22)21-18-16(19(23)24-4)14-6-5-7-15(14)25-18/h8-11H,5-7H2,1-4H3,(H,21,22). The van der Waals surface area contributed by atoms with E-state index in [1.165, 1.54) is 28.9 Å². The Morgan fingerprint density at radius 1 is 1.12 bits per heavy atom. The molecule has 1 amide bonds. The minimum Gasteiger partial charge on any atom is -0.465 e. The zero-order chi connectivity index (χ0) is 18.2. The second-order valence-electron chi connectivity index (χ2n) is 7.33. The Morgan fingerprint density at radius 2 is 1.80 bits per heavy atom. The van der Waals surface area contributed by atoms with Gasteiger partial charge in [0, 0.05) is 10.4 Å². The van der Waals surface area contributed by atoms with E-state index in [1.807, 2.05) is 24.3 Å². The first-order valence-electron chi connectivity index (χ1n) is 8.46. The number of carbonyl (C=O) groups is 2. The van der Waals surface area contributed by atoms with Gasteiger partial charge in [-0.3, -0.25) is 4.79 Å². The van der Waals surface area contributed by atoms with Crippen LogP contribution in [0.1, 0.15) is 63.9 Å². The summed E-state index contributed by atoms with van der Waals surface area (Å²) in [4.78, 5) is 25.9. The molecule has 1 N–H and O–H groups in total. The van der Waals surface area contributed by atoms with Gasteiger partial charge in [0.15, 0.2) is 0 Å². The molecule has 0 fully saturated rings. The van der Waals surface area contributed by atoms with Crippen molar-refractivity contribution in [1.82, 2.24) is 0 Å². The van der Waals surface area contributed by atoms with Gasteiger partial charge in [0.2, 0.25) is 0 Å². The summed E-state index contributed by atoms with van der Waals surface area (Å²) in [6, 6.07) is 7.61. The van der Waals surface area contributed by atoms with E-state index in [0.717, 1.165) is 24.8 Å². The molecule has 0 atom stereocenters. The van der Waals surface area contributed by atoms with E-state index in [0.29, 0.717) is 16.1 Å². The minimum atomic E-state index is -0.377. The molecule has 0 aliphatic heterocycles. The van der Waals surface area contributed by atoms with E-state index in [1.54, 1.807) is 0 Å². The van der Waals surface area contributed by atoms with Gasteiger partial charge in [0.1, 0.15) is 5.00 Å². The van der Waals surface area contributed by atoms with E-state index < -0.39 is 0 Å². The van der Waals surface area contributed by atoms with Crippen LogP contribution in [0.25, 0.3) is 0 Å². The molecule has 3 rings (SSSR count). The number of esters is 1. The van der Waals surface area contributed by atoms with Crippen molar-refractivity contribution in [2.45, 2.75) is 45.4 Å². The van der Waals surface area contributed by atoms with Crippen molar-refractivity contribution in [3.63, 3.8) is 0 Å². The van der Waals surface area contributed by atoms with Crippen molar-refractivity contribution >= 4 is 28.2 Å². The highest BCUT2D eigenvalue weighted by Crippen LogP contribution is 2.39. The number of fused-ring (bicyclic) bond motifs is 1. The molecule has 0 saturated carbocycles. The summed E-state index contributed by atoms with van der Waals surface area (Å²) in [7, 11) is 1.37. The SMILES string of the molecule is COC(=O)c1c(NC(=O)c2ccc(C(C)(C)C)cc2)sc2c1CCC2. The van der Waals surface area contributed by atoms with Crippen molar-refractivity contribution in [1.29, 1.82) is 0 Å². The largest absolute Gasteiger partial charge is 0.465 e. The second kappa shape index (κ2) is 6.64. The molecule has 0 unspecified atom stereocenters. The fourth-order valence-corrected chi connectivity index (χ4v) is 4.38. The van der Waals surface area contributed by atoms with Crippen molar-refractivity contribution in [2.75, 3.05) is 12.4 Å². The maximum atomic E-state index is 12.6. The molecular weight excluding hydrogens is 334 g/mol. The van der Waals surface area contributed by atoms with Crippen LogP contribution >= 0.6 is 11.3 Å². The molecule has 1 aliphatic carbocycles. The lowest BCUT2D eigenvalue weighted by Gasteiger charge is -2.19. The van der Waals surface area contributed by atoms with Crippen LogP contribution in [0.3, 0.4) is 0 Å².